The molecule has 0 heterocycles. The second-order valence-corrected chi connectivity index (χ2v) is 4.09. The Hall–Kier alpha value is -1.59. The van der Waals surface area contributed by atoms with E-state index in [1.165, 1.54) is 6.92 Å². The van der Waals surface area contributed by atoms with Crippen LogP contribution in [0.2, 0.25) is 0 Å². The molecule has 0 amide bonds. The minimum absolute atomic E-state index is 0.119. The maximum Gasteiger partial charge on any atom is 0.321 e. The number of esters is 1. The van der Waals surface area contributed by atoms with Crippen molar-refractivity contribution in [2.75, 3.05) is 6.61 Å². The van der Waals surface area contributed by atoms with E-state index >= 15 is 0 Å². The van der Waals surface area contributed by atoms with Crippen molar-refractivity contribution in [2.24, 2.45) is 5.41 Å². The molecule has 0 atom stereocenters. The van der Waals surface area contributed by atoms with Gasteiger partial charge in [0.15, 0.2) is 5.41 Å². The van der Waals surface area contributed by atoms with Crippen LogP contribution in [0.3, 0.4) is 0 Å². The van der Waals surface area contributed by atoms with Gasteiger partial charge in [-0.05, 0) is 19.3 Å². The summed E-state index contributed by atoms with van der Waals surface area (Å²) in [5, 5.41) is 17.2. The Morgan fingerprint density at radius 1 is 1.00 bits per heavy atom. The molecule has 0 aliphatic heterocycles. The quantitative estimate of drug-likeness (QED) is 0.420. The van der Waals surface area contributed by atoms with E-state index in [1.54, 1.807) is 13.8 Å². The third-order valence-corrected chi connectivity index (χ3v) is 2.83. The van der Waals surface area contributed by atoms with Crippen LogP contribution >= 0.6 is 0 Å². The maximum atomic E-state index is 10.5. The Morgan fingerprint density at radius 3 is 1.58 bits per heavy atom. The molecule has 0 aromatic carbocycles. The Balaban J connectivity index is 0. The van der Waals surface area contributed by atoms with Gasteiger partial charge in [-0.25, -0.2) is 0 Å². The molecule has 0 bridgehead atoms. The molecule has 0 saturated carbocycles. The standard InChI is InChI=1S/C7H12O4.C6H12O2/c1-3-7(4-2,5(8)9)6(10)11;1-3-4-5-8-6(2)7/h3-4H2,1-2H3,(H,8,9)(H,10,11);3-5H2,1-2H3. The minimum Gasteiger partial charge on any atom is -0.480 e. The number of carboxylic acids is 2. The molecule has 0 saturated heterocycles. The van der Waals surface area contributed by atoms with Gasteiger partial charge < -0.3 is 14.9 Å². The first-order valence-corrected chi connectivity index (χ1v) is 6.38. The molecule has 0 aromatic heterocycles. The molecule has 2 N–H and O–H groups in total. The number of aliphatic carboxylic acids is 2. The number of rotatable bonds is 7. The van der Waals surface area contributed by atoms with Gasteiger partial charge in [0, 0.05) is 6.92 Å². The van der Waals surface area contributed by atoms with Gasteiger partial charge in [-0.2, -0.15) is 0 Å². The van der Waals surface area contributed by atoms with Crippen LogP contribution < -0.4 is 0 Å². The van der Waals surface area contributed by atoms with E-state index in [9.17, 15) is 14.4 Å². The average molecular weight is 276 g/mol. The van der Waals surface area contributed by atoms with Crippen LogP contribution in [0.4, 0.5) is 0 Å². The number of unbranched alkanes of at least 4 members (excludes halogenated alkanes) is 1. The first-order chi connectivity index (χ1) is 8.78. The van der Waals surface area contributed by atoms with Gasteiger partial charge in [0.05, 0.1) is 6.61 Å². The van der Waals surface area contributed by atoms with E-state index in [0.717, 1.165) is 12.8 Å². The fourth-order valence-electron chi connectivity index (χ4n) is 1.31. The van der Waals surface area contributed by atoms with Crippen LogP contribution in [0, 0.1) is 5.41 Å². The smallest absolute Gasteiger partial charge is 0.321 e. The molecular weight excluding hydrogens is 252 g/mol. The first kappa shape index (κ1) is 19.7. The summed E-state index contributed by atoms with van der Waals surface area (Å²) in [5.74, 6) is -2.69. The van der Waals surface area contributed by atoms with Gasteiger partial charge >= 0.3 is 17.9 Å². The second-order valence-electron chi connectivity index (χ2n) is 4.09. The third-order valence-electron chi connectivity index (χ3n) is 2.83. The van der Waals surface area contributed by atoms with Crippen LogP contribution in [0.5, 0.6) is 0 Å². The molecule has 0 aliphatic rings. The molecule has 6 nitrogen and oxygen atoms in total. The summed E-state index contributed by atoms with van der Waals surface area (Å²) in [6, 6.07) is 0. The molecule has 0 unspecified atom stereocenters. The number of carboxylic acid groups (broad SMARTS) is 2. The third kappa shape index (κ3) is 7.43. The summed E-state index contributed by atoms with van der Waals surface area (Å²) < 4.78 is 4.64. The Kier molecular flexibility index (Phi) is 10.7. The highest BCUT2D eigenvalue weighted by Gasteiger charge is 2.42. The van der Waals surface area contributed by atoms with Crippen molar-refractivity contribution in [1.82, 2.24) is 0 Å². The van der Waals surface area contributed by atoms with Gasteiger partial charge in [-0.15, -0.1) is 0 Å². The first-order valence-electron chi connectivity index (χ1n) is 6.38. The van der Waals surface area contributed by atoms with Crippen molar-refractivity contribution in [1.29, 1.82) is 0 Å². The van der Waals surface area contributed by atoms with Crippen molar-refractivity contribution in [3.8, 4) is 0 Å². The average Bonchev–Trinajstić information content (AvgIpc) is 2.31. The summed E-state index contributed by atoms with van der Waals surface area (Å²) in [5.41, 5.74) is -1.58. The zero-order valence-corrected chi connectivity index (χ0v) is 12.1. The Morgan fingerprint density at radius 2 is 1.42 bits per heavy atom. The normalized spacial score (nSPS) is 10.1. The predicted molar refractivity (Wildman–Crippen MR) is 69.8 cm³/mol. The maximum absolute atomic E-state index is 10.5. The number of carbonyl (C=O) groups excluding carboxylic acids is 1. The van der Waals surface area contributed by atoms with Crippen LogP contribution in [0.1, 0.15) is 53.4 Å². The number of ether oxygens (including phenoxy) is 1. The van der Waals surface area contributed by atoms with Gasteiger partial charge in [-0.3, -0.25) is 14.4 Å². The van der Waals surface area contributed by atoms with Crippen LogP contribution in [0.25, 0.3) is 0 Å². The van der Waals surface area contributed by atoms with Crippen LogP contribution in [-0.4, -0.2) is 34.7 Å². The summed E-state index contributed by atoms with van der Waals surface area (Å²) in [6.07, 6.45) is 2.29. The van der Waals surface area contributed by atoms with Crippen molar-refractivity contribution in [2.45, 2.75) is 53.4 Å². The molecular formula is C13H24O6. The number of hydrogen-bond donors (Lipinski definition) is 2. The largest absolute Gasteiger partial charge is 0.480 e. The Bertz CT molecular complexity index is 278. The van der Waals surface area contributed by atoms with Gasteiger partial charge in [0.2, 0.25) is 0 Å². The van der Waals surface area contributed by atoms with Crippen molar-refractivity contribution in [3.63, 3.8) is 0 Å². The molecule has 112 valence electrons. The molecule has 0 aliphatic carbocycles. The fourth-order valence-corrected chi connectivity index (χ4v) is 1.31. The molecule has 0 fully saturated rings. The van der Waals surface area contributed by atoms with E-state index in [2.05, 4.69) is 11.7 Å². The zero-order valence-electron chi connectivity index (χ0n) is 12.1. The highest BCUT2D eigenvalue weighted by Crippen LogP contribution is 2.26. The summed E-state index contributed by atoms with van der Waals surface area (Å²) in [7, 11) is 0. The highest BCUT2D eigenvalue weighted by molar-refractivity contribution is 5.98. The lowest BCUT2D eigenvalue weighted by Crippen LogP contribution is -2.38. The molecule has 0 radical (unpaired) electrons. The number of hydrogen-bond acceptors (Lipinski definition) is 4. The lowest BCUT2D eigenvalue weighted by molar-refractivity contribution is -0.165. The SMILES string of the molecule is CCC(CC)(C(=O)O)C(=O)O.CCCCOC(C)=O. The van der Waals surface area contributed by atoms with Crippen molar-refractivity contribution in [3.05, 3.63) is 0 Å². The second kappa shape index (κ2) is 10.3. The molecule has 6 heteroatoms. The minimum atomic E-state index is -1.58. The van der Waals surface area contributed by atoms with E-state index in [1.807, 2.05) is 0 Å². The molecule has 0 aromatic rings. The van der Waals surface area contributed by atoms with Crippen LogP contribution in [-0.2, 0) is 19.1 Å². The predicted octanol–water partition coefficient (Wildman–Crippen LogP) is 2.31. The topological polar surface area (TPSA) is 101 Å². The Labute approximate surface area is 113 Å². The fraction of sp³-hybridized carbons (Fsp3) is 0.769. The van der Waals surface area contributed by atoms with Gasteiger partial charge in [0.25, 0.3) is 0 Å². The van der Waals surface area contributed by atoms with Gasteiger partial charge in [0.1, 0.15) is 0 Å². The van der Waals surface area contributed by atoms with Crippen molar-refractivity contribution < 1.29 is 29.3 Å². The lowest BCUT2D eigenvalue weighted by atomic mass is 9.83. The molecule has 0 rings (SSSR count). The summed E-state index contributed by atoms with van der Waals surface area (Å²) in [4.78, 5) is 31.2. The summed E-state index contributed by atoms with van der Waals surface area (Å²) >= 11 is 0. The van der Waals surface area contributed by atoms with Gasteiger partial charge in [-0.1, -0.05) is 27.2 Å². The lowest BCUT2D eigenvalue weighted by Gasteiger charge is -2.20. The van der Waals surface area contributed by atoms with Crippen molar-refractivity contribution >= 4 is 17.9 Å². The summed E-state index contributed by atoms with van der Waals surface area (Å²) in [6.45, 7) is 7.18. The molecule has 19 heavy (non-hydrogen) atoms. The van der Waals surface area contributed by atoms with E-state index < -0.39 is 17.4 Å². The van der Waals surface area contributed by atoms with E-state index in [0.29, 0.717) is 6.61 Å². The van der Waals surface area contributed by atoms with E-state index in [4.69, 9.17) is 10.2 Å². The highest BCUT2D eigenvalue weighted by atomic mass is 16.5. The number of carbonyl (C=O) groups is 3. The monoisotopic (exact) mass is 276 g/mol. The molecule has 0 spiro atoms. The zero-order chi connectivity index (χ0) is 15.5. The van der Waals surface area contributed by atoms with E-state index in [-0.39, 0.29) is 18.8 Å². The van der Waals surface area contributed by atoms with Crippen LogP contribution in [0.15, 0.2) is 0 Å².